The number of carbonyl (C=O) groups excluding carboxylic acids is 2. The highest BCUT2D eigenvalue weighted by Gasteiger charge is 2.43. The molecule has 2 aliphatic rings. The molecule has 1 aromatic rings. The summed E-state index contributed by atoms with van der Waals surface area (Å²) in [4.78, 5) is 24.8. The number of Topliss-reactive ketones (excluding diaryl/α,β-unsaturated/α-hetero) is 1. The van der Waals surface area contributed by atoms with Crippen molar-refractivity contribution < 1.29 is 28.5 Å². The fourth-order valence-electron chi connectivity index (χ4n) is 4.00. The molecular formula is C23H25BrN2O6. The Hall–Kier alpha value is -2.99. The van der Waals surface area contributed by atoms with Gasteiger partial charge in [-0.2, -0.15) is 5.26 Å². The van der Waals surface area contributed by atoms with Crippen LogP contribution in [0, 0.1) is 16.7 Å². The first-order valence-electron chi connectivity index (χ1n) is 10.1. The van der Waals surface area contributed by atoms with Crippen molar-refractivity contribution in [1.29, 1.82) is 5.26 Å². The minimum absolute atomic E-state index is 0.0144. The fourth-order valence-corrected chi connectivity index (χ4v) is 4.57. The van der Waals surface area contributed by atoms with Crippen molar-refractivity contribution in [2.75, 3.05) is 20.3 Å². The lowest BCUT2D eigenvalue weighted by atomic mass is 9.70. The van der Waals surface area contributed by atoms with E-state index in [9.17, 15) is 14.9 Å². The van der Waals surface area contributed by atoms with Gasteiger partial charge in [-0.3, -0.25) is 4.79 Å². The molecule has 1 heterocycles. The highest BCUT2D eigenvalue weighted by atomic mass is 79.9. The van der Waals surface area contributed by atoms with Crippen LogP contribution in [0.4, 0.5) is 0 Å². The summed E-state index contributed by atoms with van der Waals surface area (Å²) in [7, 11) is 1.46. The van der Waals surface area contributed by atoms with Crippen LogP contribution in [-0.2, 0) is 19.1 Å². The number of halogens is 1. The lowest BCUT2D eigenvalue weighted by Crippen LogP contribution is -2.33. The molecule has 0 saturated heterocycles. The van der Waals surface area contributed by atoms with E-state index in [2.05, 4.69) is 22.0 Å². The fraction of sp³-hybridized carbons (Fsp3) is 0.435. The Kier molecular flexibility index (Phi) is 6.84. The molecule has 1 aliphatic carbocycles. The van der Waals surface area contributed by atoms with Gasteiger partial charge in [0.2, 0.25) is 5.88 Å². The number of methoxy groups -OCH3 is 1. The van der Waals surface area contributed by atoms with E-state index in [4.69, 9.17) is 24.7 Å². The minimum atomic E-state index is -0.698. The van der Waals surface area contributed by atoms with Gasteiger partial charge in [0.15, 0.2) is 23.9 Å². The van der Waals surface area contributed by atoms with Gasteiger partial charge >= 0.3 is 5.97 Å². The number of hydrogen-bond acceptors (Lipinski definition) is 8. The summed E-state index contributed by atoms with van der Waals surface area (Å²) in [5, 5.41) is 9.80. The molecule has 0 amide bonds. The van der Waals surface area contributed by atoms with E-state index in [1.54, 1.807) is 19.1 Å². The number of allylic oxidation sites excluding steroid dienone is 3. The number of carbonyl (C=O) groups is 2. The van der Waals surface area contributed by atoms with E-state index in [1.807, 2.05) is 13.8 Å². The lowest BCUT2D eigenvalue weighted by molar-refractivity contribution is -0.145. The van der Waals surface area contributed by atoms with E-state index < -0.39 is 11.9 Å². The molecule has 1 atom stereocenters. The smallest absolute Gasteiger partial charge is 0.344 e. The molecule has 0 spiro atoms. The molecule has 2 N–H and O–H groups in total. The van der Waals surface area contributed by atoms with Crippen LogP contribution >= 0.6 is 15.9 Å². The Balaban J connectivity index is 2.08. The maximum atomic E-state index is 13.1. The van der Waals surface area contributed by atoms with Crippen LogP contribution in [0.15, 0.2) is 39.4 Å². The Bertz CT molecular complexity index is 1070. The van der Waals surface area contributed by atoms with Gasteiger partial charge in [-0.25, -0.2) is 4.79 Å². The van der Waals surface area contributed by atoms with Crippen molar-refractivity contribution in [3.8, 4) is 17.6 Å². The summed E-state index contributed by atoms with van der Waals surface area (Å²) in [6.07, 6.45) is 0.867. The average molecular weight is 505 g/mol. The molecule has 8 nitrogen and oxygen atoms in total. The summed E-state index contributed by atoms with van der Waals surface area (Å²) < 4.78 is 22.2. The molecule has 3 rings (SSSR count). The number of nitrogens with zero attached hydrogens (tertiary/aromatic N) is 1. The molecule has 0 aromatic heterocycles. The summed E-state index contributed by atoms with van der Waals surface area (Å²) in [6.45, 7) is 5.64. The Morgan fingerprint density at radius 3 is 2.72 bits per heavy atom. The number of rotatable bonds is 6. The second-order valence-corrected chi connectivity index (χ2v) is 9.18. The van der Waals surface area contributed by atoms with Gasteiger partial charge < -0.3 is 24.7 Å². The normalized spacial score (nSPS) is 19.6. The quantitative estimate of drug-likeness (QED) is 0.579. The molecule has 0 unspecified atom stereocenters. The van der Waals surface area contributed by atoms with Crippen LogP contribution in [0.2, 0.25) is 0 Å². The number of benzene rings is 1. The van der Waals surface area contributed by atoms with Crippen LogP contribution in [0.5, 0.6) is 11.5 Å². The largest absolute Gasteiger partial charge is 0.493 e. The van der Waals surface area contributed by atoms with Gasteiger partial charge in [-0.1, -0.05) is 13.8 Å². The zero-order valence-electron chi connectivity index (χ0n) is 18.4. The van der Waals surface area contributed by atoms with Gasteiger partial charge in [0.1, 0.15) is 17.4 Å². The first-order chi connectivity index (χ1) is 15.1. The molecular weight excluding hydrogens is 480 g/mol. The number of ether oxygens (including phenoxy) is 4. The van der Waals surface area contributed by atoms with Crippen molar-refractivity contribution >= 4 is 27.7 Å². The maximum Gasteiger partial charge on any atom is 0.344 e. The molecule has 1 aliphatic heterocycles. The SMILES string of the molecule is CCOC(=O)COc1c(Br)cc([C@@H]2C(C#N)=C(N)OC3=C2C(=O)CC(C)(C)C3)cc1OC. The topological polar surface area (TPSA) is 121 Å². The Morgan fingerprint density at radius 2 is 2.09 bits per heavy atom. The van der Waals surface area contributed by atoms with Crippen LogP contribution in [-0.4, -0.2) is 32.1 Å². The zero-order valence-corrected chi connectivity index (χ0v) is 20.0. The maximum absolute atomic E-state index is 13.1. The Labute approximate surface area is 195 Å². The average Bonchev–Trinajstić information content (AvgIpc) is 2.70. The Morgan fingerprint density at radius 1 is 1.38 bits per heavy atom. The lowest BCUT2D eigenvalue weighted by Gasteiger charge is -2.37. The molecule has 9 heteroatoms. The molecule has 0 radical (unpaired) electrons. The van der Waals surface area contributed by atoms with Crippen LogP contribution in [0.1, 0.15) is 45.1 Å². The molecule has 170 valence electrons. The van der Waals surface area contributed by atoms with Crippen LogP contribution in [0.3, 0.4) is 0 Å². The summed E-state index contributed by atoms with van der Waals surface area (Å²) in [6, 6.07) is 5.49. The predicted molar refractivity (Wildman–Crippen MR) is 119 cm³/mol. The molecule has 32 heavy (non-hydrogen) atoms. The monoisotopic (exact) mass is 504 g/mol. The first kappa shape index (κ1) is 23.7. The number of ketones is 1. The van der Waals surface area contributed by atoms with Gasteiger partial charge in [0.25, 0.3) is 0 Å². The molecule has 0 bridgehead atoms. The van der Waals surface area contributed by atoms with Gasteiger partial charge in [0, 0.05) is 18.4 Å². The van der Waals surface area contributed by atoms with Crippen molar-refractivity contribution in [3.05, 3.63) is 45.0 Å². The highest BCUT2D eigenvalue weighted by Crippen LogP contribution is 2.49. The van der Waals surface area contributed by atoms with Gasteiger partial charge in [-0.05, 0) is 46.0 Å². The first-order valence-corrected chi connectivity index (χ1v) is 10.9. The third kappa shape index (κ3) is 4.60. The minimum Gasteiger partial charge on any atom is -0.493 e. The zero-order chi connectivity index (χ0) is 23.6. The van der Waals surface area contributed by atoms with Crippen LogP contribution in [0.25, 0.3) is 0 Å². The van der Waals surface area contributed by atoms with E-state index in [-0.39, 0.29) is 35.9 Å². The van der Waals surface area contributed by atoms with Crippen molar-refractivity contribution in [2.24, 2.45) is 11.1 Å². The molecule has 1 aromatic carbocycles. The summed E-state index contributed by atoms with van der Waals surface area (Å²) in [5.74, 6) is -0.188. The van der Waals surface area contributed by atoms with E-state index in [1.165, 1.54) is 7.11 Å². The van der Waals surface area contributed by atoms with E-state index in [0.717, 1.165) is 0 Å². The predicted octanol–water partition coefficient (Wildman–Crippen LogP) is 3.85. The van der Waals surface area contributed by atoms with E-state index in [0.29, 0.717) is 45.7 Å². The van der Waals surface area contributed by atoms with Crippen LogP contribution < -0.4 is 15.2 Å². The number of nitriles is 1. The van der Waals surface area contributed by atoms with Crippen molar-refractivity contribution in [3.63, 3.8) is 0 Å². The second-order valence-electron chi connectivity index (χ2n) is 8.33. The second kappa shape index (κ2) is 9.25. The standard InChI is InChI=1S/C23H25BrN2O6/c1-5-30-18(28)11-31-21-14(24)6-12(7-16(21)29-4)19-13(10-25)22(26)32-17-9-23(2,3)8-15(27)20(17)19/h6-7,19H,5,8-9,11,26H2,1-4H3/t19-/m1/s1. The summed E-state index contributed by atoms with van der Waals surface area (Å²) in [5.41, 5.74) is 7.01. The summed E-state index contributed by atoms with van der Waals surface area (Å²) >= 11 is 3.45. The van der Waals surface area contributed by atoms with E-state index >= 15 is 0 Å². The highest BCUT2D eigenvalue weighted by molar-refractivity contribution is 9.10. The van der Waals surface area contributed by atoms with Gasteiger partial charge in [0.05, 0.1) is 24.1 Å². The van der Waals surface area contributed by atoms with Crippen molar-refractivity contribution in [2.45, 2.75) is 39.5 Å². The molecule has 0 fully saturated rings. The third-order valence-corrected chi connectivity index (χ3v) is 5.89. The van der Waals surface area contributed by atoms with Crippen molar-refractivity contribution in [1.82, 2.24) is 0 Å². The number of esters is 1. The van der Waals surface area contributed by atoms with Gasteiger partial charge in [-0.15, -0.1) is 0 Å². The third-order valence-electron chi connectivity index (χ3n) is 5.30. The number of hydrogen-bond donors (Lipinski definition) is 1. The molecule has 0 saturated carbocycles. The number of nitrogens with two attached hydrogens (primary N) is 1.